The van der Waals surface area contributed by atoms with E-state index < -0.39 is 0 Å². The number of hydrogen-bond acceptors (Lipinski definition) is 3. The summed E-state index contributed by atoms with van der Waals surface area (Å²) in [5.74, 6) is 0. The van der Waals surface area contributed by atoms with E-state index in [2.05, 4.69) is 52.4 Å². The molecule has 0 saturated carbocycles. The van der Waals surface area contributed by atoms with Gasteiger partial charge in [0.2, 0.25) is 0 Å². The van der Waals surface area contributed by atoms with E-state index in [1.165, 1.54) is 51.1 Å². The Balaban J connectivity index is 1.60. The molecule has 1 N–H and O–H groups in total. The predicted octanol–water partition coefficient (Wildman–Crippen LogP) is 1.60. The third kappa shape index (κ3) is 3.22. The van der Waals surface area contributed by atoms with Crippen molar-refractivity contribution in [3.63, 3.8) is 0 Å². The minimum absolute atomic E-state index is 0.628. The molecule has 3 heterocycles. The Morgan fingerprint density at radius 3 is 2.50 bits per heavy atom. The molecule has 0 aromatic heterocycles. The van der Waals surface area contributed by atoms with E-state index >= 15 is 0 Å². The van der Waals surface area contributed by atoms with Gasteiger partial charge >= 0.3 is 0 Å². The van der Waals surface area contributed by atoms with Gasteiger partial charge in [0.25, 0.3) is 0 Å². The SMILES string of the molecule is CCNC(CCc1ccccc1)C1CN2CCN1CC2. The zero-order chi connectivity index (χ0) is 13.8. The van der Waals surface area contributed by atoms with Crippen LogP contribution in [0.1, 0.15) is 18.9 Å². The van der Waals surface area contributed by atoms with Gasteiger partial charge in [-0.15, -0.1) is 0 Å². The number of benzene rings is 1. The molecule has 2 atom stereocenters. The summed E-state index contributed by atoms with van der Waals surface area (Å²) >= 11 is 0. The van der Waals surface area contributed by atoms with Gasteiger partial charge in [-0.25, -0.2) is 0 Å². The number of fused-ring (bicyclic) bond motifs is 3. The van der Waals surface area contributed by atoms with Crippen molar-refractivity contribution in [1.82, 2.24) is 15.1 Å². The first kappa shape index (κ1) is 14.1. The minimum Gasteiger partial charge on any atom is -0.313 e. The molecule has 1 aromatic rings. The molecular weight excluding hydrogens is 246 g/mol. The van der Waals surface area contributed by atoms with Crippen molar-refractivity contribution < 1.29 is 0 Å². The topological polar surface area (TPSA) is 18.5 Å². The number of nitrogens with one attached hydrogen (secondary N) is 1. The van der Waals surface area contributed by atoms with E-state index in [1.807, 2.05) is 0 Å². The molecule has 3 saturated heterocycles. The molecule has 3 fully saturated rings. The summed E-state index contributed by atoms with van der Waals surface area (Å²) in [6, 6.07) is 12.2. The second-order valence-corrected chi connectivity index (χ2v) is 6.09. The molecule has 4 rings (SSSR count). The molecule has 20 heavy (non-hydrogen) atoms. The lowest BCUT2D eigenvalue weighted by molar-refractivity contribution is -0.00416. The first-order chi connectivity index (χ1) is 9.86. The number of piperazine rings is 3. The second-order valence-electron chi connectivity index (χ2n) is 6.09. The summed E-state index contributed by atoms with van der Waals surface area (Å²) in [4.78, 5) is 5.34. The highest BCUT2D eigenvalue weighted by molar-refractivity contribution is 5.15. The molecule has 3 aliphatic rings. The van der Waals surface area contributed by atoms with Crippen molar-refractivity contribution in [3.8, 4) is 0 Å². The molecule has 3 nitrogen and oxygen atoms in total. The molecule has 110 valence electrons. The summed E-state index contributed by atoms with van der Waals surface area (Å²) in [5.41, 5.74) is 1.46. The van der Waals surface area contributed by atoms with E-state index in [-0.39, 0.29) is 0 Å². The Morgan fingerprint density at radius 2 is 1.90 bits per heavy atom. The van der Waals surface area contributed by atoms with E-state index in [0.29, 0.717) is 12.1 Å². The fourth-order valence-electron chi connectivity index (χ4n) is 3.70. The summed E-state index contributed by atoms with van der Waals surface area (Å²) in [6.07, 6.45) is 2.43. The van der Waals surface area contributed by atoms with Crippen LogP contribution in [0.3, 0.4) is 0 Å². The third-order valence-electron chi connectivity index (χ3n) is 4.84. The molecule has 2 bridgehead atoms. The Hall–Kier alpha value is -0.900. The van der Waals surface area contributed by atoms with Crippen LogP contribution in [0.2, 0.25) is 0 Å². The van der Waals surface area contributed by atoms with Gasteiger partial charge in [-0.3, -0.25) is 9.80 Å². The summed E-state index contributed by atoms with van der Waals surface area (Å²) in [7, 11) is 0. The van der Waals surface area contributed by atoms with Crippen LogP contribution < -0.4 is 5.32 Å². The number of aryl methyl sites for hydroxylation is 1. The summed E-state index contributed by atoms with van der Waals surface area (Å²) < 4.78 is 0. The van der Waals surface area contributed by atoms with E-state index in [9.17, 15) is 0 Å². The average Bonchev–Trinajstić information content (AvgIpc) is 2.53. The van der Waals surface area contributed by atoms with Crippen LogP contribution in [0.4, 0.5) is 0 Å². The van der Waals surface area contributed by atoms with E-state index in [0.717, 1.165) is 6.54 Å². The van der Waals surface area contributed by atoms with Crippen LogP contribution >= 0.6 is 0 Å². The highest BCUT2D eigenvalue weighted by Crippen LogP contribution is 2.20. The average molecular weight is 273 g/mol. The lowest BCUT2D eigenvalue weighted by Crippen LogP contribution is -2.66. The highest BCUT2D eigenvalue weighted by Gasteiger charge is 2.36. The molecule has 1 aromatic carbocycles. The maximum atomic E-state index is 3.74. The smallest absolute Gasteiger partial charge is 0.0377 e. The third-order valence-corrected chi connectivity index (χ3v) is 4.84. The first-order valence-electron chi connectivity index (χ1n) is 8.10. The summed E-state index contributed by atoms with van der Waals surface area (Å²) in [5, 5.41) is 3.74. The van der Waals surface area contributed by atoms with Crippen molar-refractivity contribution in [2.45, 2.75) is 31.8 Å². The van der Waals surface area contributed by atoms with Crippen LogP contribution in [-0.2, 0) is 6.42 Å². The lowest BCUT2D eigenvalue weighted by atomic mass is 9.94. The maximum absolute atomic E-state index is 3.74. The molecule has 3 aliphatic heterocycles. The molecule has 0 amide bonds. The van der Waals surface area contributed by atoms with Gasteiger partial charge in [0, 0.05) is 44.8 Å². The Kier molecular flexibility index (Phi) is 4.71. The lowest BCUT2D eigenvalue weighted by Gasteiger charge is -2.50. The molecule has 0 spiro atoms. The van der Waals surface area contributed by atoms with Crippen LogP contribution in [-0.4, -0.2) is 61.2 Å². The molecular formula is C17H27N3. The monoisotopic (exact) mass is 273 g/mol. The van der Waals surface area contributed by atoms with Gasteiger partial charge in [0.15, 0.2) is 0 Å². The molecule has 3 heteroatoms. The number of hydrogen-bond donors (Lipinski definition) is 1. The van der Waals surface area contributed by atoms with Gasteiger partial charge in [0.1, 0.15) is 0 Å². The maximum Gasteiger partial charge on any atom is 0.0377 e. The van der Waals surface area contributed by atoms with Crippen molar-refractivity contribution >= 4 is 0 Å². The molecule has 0 aliphatic carbocycles. The van der Waals surface area contributed by atoms with Crippen molar-refractivity contribution in [2.75, 3.05) is 39.3 Å². The number of rotatable bonds is 6. The van der Waals surface area contributed by atoms with Gasteiger partial charge in [-0.05, 0) is 24.9 Å². The fourth-order valence-corrected chi connectivity index (χ4v) is 3.70. The minimum atomic E-state index is 0.628. The highest BCUT2D eigenvalue weighted by atomic mass is 15.4. The Bertz CT molecular complexity index is 398. The van der Waals surface area contributed by atoms with Gasteiger partial charge in [0.05, 0.1) is 0 Å². The Labute approximate surface area is 123 Å². The Morgan fingerprint density at radius 1 is 1.15 bits per heavy atom. The van der Waals surface area contributed by atoms with Crippen molar-refractivity contribution in [2.24, 2.45) is 0 Å². The van der Waals surface area contributed by atoms with Crippen LogP contribution in [0, 0.1) is 0 Å². The van der Waals surface area contributed by atoms with Crippen LogP contribution in [0.5, 0.6) is 0 Å². The normalized spacial score (nSPS) is 30.4. The molecule has 2 unspecified atom stereocenters. The van der Waals surface area contributed by atoms with Crippen molar-refractivity contribution in [3.05, 3.63) is 35.9 Å². The van der Waals surface area contributed by atoms with Gasteiger partial charge in [-0.1, -0.05) is 37.3 Å². The van der Waals surface area contributed by atoms with Gasteiger partial charge in [-0.2, -0.15) is 0 Å². The number of nitrogens with zero attached hydrogens (tertiary/aromatic N) is 2. The largest absolute Gasteiger partial charge is 0.313 e. The predicted molar refractivity (Wildman–Crippen MR) is 84.0 cm³/mol. The van der Waals surface area contributed by atoms with E-state index in [1.54, 1.807) is 0 Å². The number of likely N-dealkylation sites (N-methyl/N-ethyl adjacent to an activating group) is 1. The quantitative estimate of drug-likeness (QED) is 0.849. The van der Waals surface area contributed by atoms with Gasteiger partial charge < -0.3 is 5.32 Å². The van der Waals surface area contributed by atoms with E-state index in [4.69, 9.17) is 0 Å². The van der Waals surface area contributed by atoms with Crippen LogP contribution in [0.15, 0.2) is 30.3 Å². The standard InChI is InChI=1S/C17H27N3/c1-2-18-16(9-8-15-6-4-3-5-7-15)17-14-19-10-12-20(17)13-11-19/h3-7,16-18H,2,8-14H2,1H3. The zero-order valence-electron chi connectivity index (χ0n) is 12.6. The van der Waals surface area contributed by atoms with Crippen molar-refractivity contribution in [1.29, 1.82) is 0 Å². The first-order valence-corrected chi connectivity index (χ1v) is 8.10. The fraction of sp³-hybridized carbons (Fsp3) is 0.647. The van der Waals surface area contributed by atoms with Crippen LogP contribution in [0.25, 0.3) is 0 Å². The second kappa shape index (κ2) is 6.70. The zero-order valence-corrected chi connectivity index (χ0v) is 12.6. The summed E-state index contributed by atoms with van der Waals surface area (Å²) in [6.45, 7) is 9.63. The molecule has 0 radical (unpaired) electrons.